The Balaban J connectivity index is 1.67. The molecular formula is C15H18N2O5S. The molecule has 1 atom stereocenters. The fourth-order valence-electron chi connectivity index (χ4n) is 2.56. The van der Waals surface area contributed by atoms with E-state index >= 15 is 0 Å². The van der Waals surface area contributed by atoms with E-state index in [0.29, 0.717) is 17.9 Å². The van der Waals surface area contributed by atoms with Gasteiger partial charge < -0.3 is 19.1 Å². The smallest absolute Gasteiger partial charge is 0.318 e. The topological polar surface area (TPSA) is 92.8 Å². The second-order valence-corrected chi connectivity index (χ2v) is 7.79. The molecule has 8 heteroatoms. The van der Waals surface area contributed by atoms with Gasteiger partial charge in [-0.3, -0.25) is 0 Å². The summed E-state index contributed by atoms with van der Waals surface area (Å²) in [7, 11) is -3.04. The molecule has 1 fully saturated rings. The number of hydrogen-bond acceptors (Lipinski definition) is 5. The van der Waals surface area contributed by atoms with E-state index < -0.39 is 9.84 Å². The quantitative estimate of drug-likeness (QED) is 0.897. The van der Waals surface area contributed by atoms with Crippen LogP contribution in [0.5, 0.6) is 0 Å². The third-order valence-electron chi connectivity index (χ3n) is 3.70. The standard InChI is InChI=1S/C15H18N2O5S/c18-15(16-12-5-8-23(19,20)11-12)17(9-13-3-1-6-21-13)10-14-4-2-7-22-14/h1-4,6-7,12H,5,8-11H2,(H,16,18). The summed E-state index contributed by atoms with van der Waals surface area (Å²) in [4.78, 5) is 14.0. The van der Waals surface area contributed by atoms with Crippen molar-refractivity contribution in [3.8, 4) is 0 Å². The van der Waals surface area contributed by atoms with E-state index in [-0.39, 0.29) is 36.7 Å². The van der Waals surface area contributed by atoms with Crippen LogP contribution in [0.3, 0.4) is 0 Å². The molecule has 23 heavy (non-hydrogen) atoms. The van der Waals surface area contributed by atoms with E-state index in [1.807, 2.05) is 0 Å². The van der Waals surface area contributed by atoms with Crippen molar-refractivity contribution < 1.29 is 22.0 Å². The third-order valence-corrected chi connectivity index (χ3v) is 5.47. The maximum atomic E-state index is 12.5. The minimum absolute atomic E-state index is 0.00587. The first kappa shape index (κ1) is 15.7. The highest BCUT2D eigenvalue weighted by atomic mass is 32.2. The largest absolute Gasteiger partial charge is 0.467 e. The Kier molecular flexibility index (Phi) is 4.42. The molecule has 0 radical (unpaired) electrons. The zero-order valence-electron chi connectivity index (χ0n) is 12.5. The van der Waals surface area contributed by atoms with Gasteiger partial charge in [-0.25, -0.2) is 13.2 Å². The SMILES string of the molecule is O=C(NC1CCS(=O)(=O)C1)N(Cc1ccco1)Cc1ccco1. The van der Waals surface area contributed by atoms with Crippen molar-refractivity contribution in [2.75, 3.05) is 11.5 Å². The normalized spacial score (nSPS) is 19.6. The molecule has 1 aliphatic rings. The lowest BCUT2D eigenvalue weighted by Crippen LogP contribution is -2.44. The predicted octanol–water partition coefficient (Wildman–Crippen LogP) is 1.77. The van der Waals surface area contributed by atoms with Crippen LogP contribution in [0.4, 0.5) is 4.79 Å². The number of urea groups is 1. The van der Waals surface area contributed by atoms with E-state index in [0.717, 1.165) is 0 Å². The first-order valence-corrected chi connectivity index (χ1v) is 9.14. The molecule has 2 aromatic heterocycles. The summed E-state index contributed by atoms with van der Waals surface area (Å²) in [5, 5.41) is 2.78. The summed E-state index contributed by atoms with van der Waals surface area (Å²) in [6.07, 6.45) is 3.53. The van der Waals surface area contributed by atoms with Crippen molar-refractivity contribution in [2.24, 2.45) is 0 Å². The Bertz CT molecular complexity index is 701. The van der Waals surface area contributed by atoms with E-state index in [9.17, 15) is 13.2 Å². The number of rotatable bonds is 5. The van der Waals surface area contributed by atoms with Gasteiger partial charge in [-0.15, -0.1) is 0 Å². The van der Waals surface area contributed by atoms with Gasteiger partial charge in [0.15, 0.2) is 9.84 Å². The van der Waals surface area contributed by atoms with Crippen molar-refractivity contribution in [1.82, 2.24) is 10.2 Å². The number of carbonyl (C=O) groups is 1. The second kappa shape index (κ2) is 6.49. The summed E-state index contributed by atoms with van der Waals surface area (Å²) >= 11 is 0. The molecule has 1 unspecified atom stereocenters. The molecule has 2 aromatic rings. The average molecular weight is 338 g/mol. The van der Waals surface area contributed by atoms with Crippen LogP contribution in [0.25, 0.3) is 0 Å². The second-order valence-electron chi connectivity index (χ2n) is 5.56. The van der Waals surface area contributed by atoms with Gasteiger partial charge in [0, 0.05) is 6.04 Å². The highest BCUT2D eigenvalue weighted by molar-refractivity contribution is 7.91. The molecule has 7 nitrogen and oxygen atoms in total. The van der Waals surface area contributed by atoms with Crippen molar-refractivity contribution >= 4 is 15.9 Å². The van der Waals surface area contributed by atoms with Crippen molar-refractivity contribution in [3.63, 3.8) is 0 Å². The lowest BCUT2D eigenvalue weighted by atomic mass is 10.2. The molecule has 0 saturated carbocycles. The zero-order valence-corrected chi connectivity index (χ0v) is 13.3. The van der Waals surface area contributed by atoms with Gasteiger partial charge in [-0.05, 0) is 30.7 Å². The number of nitrogens with zero attached hydrogens (tertiary/aromatic N) is 1. The van der Waals surface area contributed by atoms with E-state index in [1.54, 1.807) is 36.8 Å². The fourth-order valence-corrected chi connectivity index (χ4v) is 4.23. The molecule has 1 N–H and O–H groups in total. The van der Waals surface area contributed by atoms with Crippen LogP contribution >= 0.6 is 0 Å². The number of hydrogen-bond donors (Lipinski definition) is 1. The van der Waals surface area contributed by atoms with Crippen LogP contribution in [-0.2, 0) is 22.9 Å². The Morgan fingerprint density at radius 3 is 2.22 bits per heavy atom. The van der Waals surface area contributed by atoms with Crippen LogP contribution < -0.4 is 5.32 Å². The molecule has 124 valence electrons. The molecule has 0 bridgehead atoms. The fraction of sp³-hybridized carbons (Fsp3) is 0.400. The first-order valence-electron chi connectivity index (χ1n) is 7.32. The van der Waals surface area contributed by atoms with Crippen molar-refractivity contribution in [2.45, 2.75) is 25.6 Å². The van der Waals surface area contributed by atoms with Crippen LogP contribution in [0.15, 0.2) is 45.6 Å². The Morgan fingerprint density at radius 2 is 1.78 bits per heavy atom. The number of amides is 2. The lowest BCUT2D eigenvalue weighted by molar-refractivity contribution is 0.179. The maximum Gasteiger partial charge on any atom is 0.318 e. The minimum Gasteiger partial charge on any atom is -0.467 e. The third kappa shape index (κ3) is 4.16. The monoisotopic (exact) mass is 338 g/mol. The molecule has 3 heterocycles. The maximum absolute atomic E-state index is 12.5. The zero-order chi connectivity index (χ0) is 16.3. The summed E-state index contributed by atoms with van der Waals surface area (Å²) in [5.74, 6) is 1.40. The predicted molar refractivity (Wildman–Crippen MR) is 82.3 cm³/mol. The highest BCUT2D eigenvalue weighted by Gasteiger charge is 2.30. The molecule has 0 aromatic carbocycles. The van der Waals surface area contributed by atoms with Gasteiger partial charge in [0.25, 0.3) is 0 Å². The van der Waals surface area contributed by atoms with Gasteiger partial charge in [-0.2, -0.15) is 0 Å². The number of nitrogens with one attached hydrogen (secondary N) is 1. The van der Waals surface area contributed by atoms with Gasteiger partial charge >= 0.3 is 6.03 Å². The first-order chi connectivity index (χ1) is 11.0. The molecule has 1 aliphatic heterocycles. The van der Waals surface area contributed by atoms with Crippen LogP contribution in [0.2, 0.25) is 0 Å². The number of sulfone groups is 1. The molecule has 1 saturated heterocycles. The summed E-state index contributed by atoms with van der Waals surface area (Å²) in [6.45, 7) is 0.554. The van der Waals surface area contributed by atoms with Gasteiger partial charge in [0.1, 0.15) is 11.5 Å². The van der Waals surface area contributed by atoms with Crippen molar-refractivity contribution in [1.29, 1.82) is 0 Å². The van der Waals surface area contributed by atoms with E-state index in [1.165, 1.54) is 4.90 Å². The van der Waals surface area contributed by atoms with Crippen LogP contribution in [-0.4, -0.2) is 36.9 Å². The number of furan rings is 2. The number of carbonyl (C=O) groups excluding carboxylic acids is 1. The van der Waals surface area contributed by atoms with Gasteiger partial charge in [-0.1, -0.05) is 0 Å². The minimum atomic E-state index is -3.04. The van der Waals surface area contributed by atoms with Crippen LogP contribution in [0.1, 0.15) is 17.9 Å². The molecule has 0 aliphatic carbocycles. The molecule has 2 amide bonds. The Hall–Kier alpha value is -2.22. The van der Waals surface area contributed by atoms with E-state index in [2.05, 4.69) is 5.32 Å². The summed E-state index contributed by atoms with van der Waals surface area (Å²) < 4.78 is 33.6. The van der Waals surface area contributed by atoms with Crippen LogP contribution in [0, 0.1) is 0 Å². The average Bonchev–Trinajstić information content (AvgIpc) is 3.21. The molecule has 3 rings (SSSR count). The van der Waals surface area contributed by atoms with Gasteiger partial charge in [0.2, 0.25) is 0 Å². The lowest BCUT2D eigenvalue weighted by Gasteiger charge is -2.23. The highest BCUT2D eigenvalue weighted by Crippen LogP contribution is 2.14. The molecule has 0 spiro atoms. The van der Waals surface area contributed by atoms with E-state index in [4.69, 9.17) is 8.83 Å². The summed E-state index contributed by atoms with van der Waals surface area (Å²) in [6, 6.07) is 6.39. The van der Waals surface area contributed by atoms with Gasteiger partial charge in [0.05, 0.1) is 37.1 Å². The Labute approximate surface area is 134 Å². The Morgan fingerprint density at radius 1 is 1.17 bits per heavy atom. The summed E-state index contributed by atoms with van der Waals surface area (Å²) in [5.41, 5.74) is 0. The van der Waals surface area contributed by atoms with Crippen molar-refractivity contribution in [3.05, 3.63) is 48.3 Å². The molecular weight excluding hydrogens is 320 g/mol.